The van der Waals surface area contributed by atoms with Crippen LogP contribution in [0.3, 0.4) is 0 Å². The number of ether oxygens (including phenoxy) is 2. The number of carbonyl (C=O) groups excluding carboxylic acids is 2. The Morgan fingerprint density at radius 3 is 2.76 bits per heavy atom. The minimum absolute atomic E-state index is 0.130. The zero-order chi connectivity index (χ0) is 24.5. The van der Waals surface area contributed by atoms with E-state index in [4.69, 9.17) is 14.5 Å². The van der Waals surface area contributed by atoms with Crippen LogP contribution in [0.15, 0.2) is 30.6 Å². The summed E-state index contributed by atoms with van der Waals surface area (Å²) in [5, 5.41) is 0. The van der Waals surface area contributed by atoms with E-state index in [0.717, 1.165) is 29.9 Å². The van der Waals surface area contributed by atoms with Gasteiger partial charge >= 0.3 is 12.1 Å². The first-order valence-corrected chi connectivity index (χ1v) is 12.0. The van der Waals surface area contributed by atoms with Gasteiger partial charge in [0.25, 0.3) is 0 Å². The van der Waals surface area contributed by atoms with Gasteiger partial charge in [0, 0.05) is 30.8 Å². The number of imidazole rings is 1. The molecule has 34 heavy (non-hydrogen) atoms. The molecule has 2 aliphatic rings. The maximum Gasteiger partial charge on any atom is 0.596 e. The topological polar surface area (TPSA) is 76.7 Å². The predicted octanol–water partition coefficient (Wildman–Crippen LogP) is 3.17. The van der Waals surface area contributed by atoms with Crippen molar-refractivity contribution in [2.75, 3.05) is 19.7 Å². The lowest BCUT2D eigenvalue weighted by Crippen LogP contribution is -2.44. The van der Waals surface area contributed by atoms with E-state index in [1.165, 1.54) is 10.1 Å². The number of likely N-dealkylation sites (tertiary alicyclic amines) is 1. The number of esters is 1. The first-order chi connectivity index (χ1) is 16.2. The lowest BCUT2D eigenvalue weighted by molar-refractivity contribution is -0.479. The quantitative estimate of drug-likeness (QED) is 0.369. The van der Waals surface area contributed by atoms with Crippen LogP contribution in [0.1, 0.15) is 51.1 Å². The fourth-order valence-electron chi connectivity index (χ4n) is 4.82. The molecular formula is C26H35N4O4+. The molecule has 1 aromatic carbocycles. The minimum atomic E-state index is -0.586. The number of aromatic nitrogens is 2. The Morgan fingerprint density at radius 1 is 1.26 bits per heavy atom. The standard InChI is InChI=1S/C26H35N4O4/c1-6-33-24(31)23(29-14-13-19(16-29)28(5)25(32)34-26(2,3)4)15-20-22-12-11-18-9-7-8-10-21(18)30(22)17-27-20/h7-10,17,19,23H,5-6,11-16H2,1-4H3/q+1. The van der Waals surface area contributed by atoms with Crippen LogP contribution in [-0.4, -0.2) is 75.2 Å². The molecule has 1 saturated heterocycles. The van der Waals surface area contributed by atoms with Crippen molar-refractivity contribution in [2.45, 2.75) is 71.1 Å². The molecule has 8 heteroatoms. The van der Waals surface area contributed by atoms with Gasteiger partial charge in [0.15, 0.2) is 6.04 Å². The van der Waals surface area contributed by atoms with Crippen molar-refractivity contribution in [3.63, 3.8) is 0 Å². The number of carbonyl (C=O) groups is 2. The zero-order valence-corrected chi connectivity index (χ0v) is 20.6. The molecule has 0 N–H and O–H groups in total. The number of para-hydroxylation sites is 1. The number of rotatable bonds is 6. The van der Waals surface area contributed by atoms with Crippen LogP contribution >= 0.6 is 0 Å². The Morgan fingerprint density at radius 2 is 2.03 bits per heavy atom. The Labute approximate surface area is 201 Å². The fourth-order valence-corrected chi connectivity index (χ4v) is 4.82. The van der Waals surface area contributed by atoms with Crippen molar-refractivity contribution in [1.29, 1.82) is 0 Å². The van der Waals surface area contributed by atoms with Crippen molar-refractivity contribution in [1.82, 2.24) is 14.5 Å². The monoisotopic (exact) mass is 467 g/mol. The average molecular weight is 468 g/mol. The number of fused-ring (bicyclic) bond motifs is 3. The van der Waals surface area contributed by atoms with E-state index in [1.807, 2.05) is 40.1 Å². The van der Waals surface area contributed by atoms with E-state index in [0.29, 0.717) is 32.5 Å². The summed E-state index contributed by atoms with van der Waals surface area (Å²) in [6.07, 6.45) is 4.44. The summed E-state index contributed by atoms with van der Waals surface area (Å²) in [7, 11) is 0. The maximum absolute atomic E-state index is 13.0. The van der Waals surface area contributed by atoms with Crippen LogP contribution in [0.4, 0.5) is 4.79 Å². The molecule has 2 aromatic rings. The molecule has 1 aromatic heterocycles. The summed E-state index contributed by atoms with van der Waals surface area (Å²) in [6.45, 7) is 12.8. The highest BCUT2D eigenvalue weighted by atomic mass is 16.6. The second-order valence-electron chi connectivity index (χ2n) is 10.00. The maximum atomic E-state index is 13.0. The summed E-state index contributed by atoms with van der Waals surface area (Å²) in [5.74, 6) is -0.256. The summed E-state index contributed by atoms with van der Waals surface area (Å²) in [5.41, 5.74) is 3.95. The summed E-state index contributed by atoms with van der Waals surface area (Å²) < 4.78 is 14.5. The number of hydrogen-bond donors (Lipinski definition) is 0. The van der Waals surface area contributed by atoms with Gasteiger partial charge in [0.05, 0.1) is 25.2 Å². The molecule has 0 bridgehead atoms. The summed E-state index contributed by atoms with van der Waals surface area (Å²) >= 11 is 0. The Kier molecular flexibility index (Phi) is 6.89. The third kappa shape index (κ3) is 5.06. The van der Waals surface area contributed by atoms with Crippen LogP contribution in [0.5, 0.6) is 0 Å². The van der Waals surface area contributed by atoms with Crippen LogP contribution < -0.4 is 0 Å². The third-order valence-electron chi connectivity index (χ3n) is 6.48. The van der Waals surface area contributed by atoms with E-state index in [-0.39, 0.29) is 12.0 Å². The van der Waals surface area contributed by atoms with Gasteiger partial charge in [-0.2, -0.15) is 4.79 Å². The highest BCUT2D eigenvalue weighted by Crippen LogP contribution is 2.28. The van der Waals surface area contributed by atoms with Crippen LogP contribution in [-0.2, 0) is 33.5 Å². The Hall–Kier alpha value is -3.00. The van der Waals surface area contributed by atoms with Crippen LogP contribution in [0.25, 0.3) is 5.69 Å². The van der Waals surface area contributed by atoms with E-state index < -0.39 is 17.7 Å². The number of hydrogen-bond acceptors (Lipinski definition) is 6. The van der Waals surface area contributed by atoms with Gasteiger partial charge in [-0.1, -0.05) is 18.2 Å². The summed E-state index contributed by atoms with van der Waals surface area (Å²) in [6, 6.07) is 7.76. The van der Waals surface area contributed by atoms with Crippen molar-refractivity contribution < 1.29 is 23.6 Å². The molecule has 2 aliphatic heterocycles. The predicted molar refractivity (Wildman–Crippen MR) is 129 cm³/mol. The van der Waals surface area contributed by atoms with Gasteiger partial charge in [-0.15, -0.1) is 4.58 Å². The lowest BCUT2D eigenvalue weighted by atomic mass is 9.98. The number of amides is 1. The van der Waals surface area contributed by atoms with E-state index in [1.54, 1.807) is 0 Å². The molecular weight excluding hydrogens is 432 g/mol. The van der Waals surface area contributed by atoms with Crippen LogP contribution in [0.2, 0.25) is 0 Å². The molecule has 1 fully saturated rings. The van der Waals surface area contributed by atoms with E-state index in [2.05, 4.69) is 34.4 Å². The van der Waals surface area contributed by atoms with Gasteiger partial charge in [-0.05, 0) is 52.2 Å². The highest BCUT2D eigenvalue weighted by molar-refractivity contribution is 5.76. The van der Waals surface area contributed by atoms with Crippen LogP contribution in [0, 0.1) is 0 Å². The number of benzene rings is 1. The second kappa shape index (κ2) is 9.70. The molecule has 0 radical (unpaired) electrons. The molecule has 0 aliphatic carbocycles. The molecule has 1 amide bonds. The number of aryl methyl sites for hydroxylation is 1. The SMILES string of the molecule is C=[N+](C(=O)OC(C)(C)C)C1CCN(C(Cc2ncn3c2CCc2ccccc2-3)C(=O)OCC)C1. The van der Waals surface area contributed by atoms with Gasteiger partial charge in [0.2, 0.25) is 0 Å². The molecule has 4 rings (SSSR count). The number of nitrogens with zero attached hydrogens (tertiary/aromatic N) is 4. The first-order valence-electron chi connectivity index (χ1n) is 12.0. The van der Waals surface area contributed by atoms with Crippen molar-refractivity contribution >= 4 is 18.8 Å². The lowest BCUT2D eigenvalue weighted by Gasteiger charge is -2.26. The molecule has 3 heterocycles. The first kappa shape index (κ1) is 24.1. The van der Waals surface area contributed by atoms with Gasteiger partial charge in [-0.25, -0.2) is 4.98 Å². The van der Waals surface area contributed by atoms with E-state index in [9.17, 15) is 9.59 Å². The second-order valence-corrected chi connectivity index (χ2v) is 10.00. The van der Waals surface area contributed by atoms with E-state index >= 15 is 0 Å². The van der Waals surface area contributed by atoms with Crippen molar-refractivity contribution in [2.24, 2.45) is 0 Å². The summed E-state index contributed by atoms with van der Waals surface area (Å²) in [4.78, 5) is 32.3. The molecule has 0 saturated carbocycles. The molecule has 2 atom stereocenters. The molecule has 8 nitrogen and oxygen atoms in total. The fraction of sp³-hybridized carbons (Fsp3) is 0.538. The smallest absolute Gasteiger partial charge is 0.465 e. The molecule has 0 spiro atoms. The Bertz CT molecular complexity index is 1080. The van der Waals surface area contributed by atoms with Crippen molar-refractivity contribution in [3.8, 4) is 5.69 Å². The Balaban J connectivity index is 1.51. The molecule has 2 unspecified atom stereocenters. The highest BCUT2D eigenvalue weighted by Gasteiger charge is 2.41. The average Bonchev–Trinajstić information content (AvgIpc) is 3.43. The van der Waals surface area contributed by atoms with Gasteiger partial charge in [0.1, 0.15) is 18.4 Å². The van der Waals surface area contributed by atoms with Gasteiger partial charge < -0.3 is 14.0 Å². The molecule has 182 valence electrons. The largest absolute Gasteiger partial charge is 0.596 e. The zero-order valence-electron chi connectivity index (χ0n) is 20.6. The minimum Gasteiger partial charge on any atom is -0.465 e. The normalized spacial score (nSPS) is 18.6. The van der Waals surface area contributed by atoms with Gasteiger partial charge in [-0.3, -0.25) is 9.69 Å². The van der Waals surface area contributed by atoms with Crippen molar-refractivity contribution in [3.05, 3.63) is 47.5 Å². The third-order valence-corrected chi connectivity index (χ3v) is 6.48.